The minimum Gasteiger partial charge on any atom is -0.406 e. The zero-order valence-corrected chi connectivity index (χ0v) is 11.7. The second kappa shape index (κ2) is 6.17. The van der Waals surface area contributed by atoms with Crippen LogP contribution in [0, 0.1) is 0 Å². The summed E-state index contributed by atoms with van der Waals surface area (Å²) in [6.45, 7) is 2.51. The van der Waals surface area contributed by atoms with Gasteiger partial charge in [-0.1, -0.05) is 12.1 Å². The summed E-state index contributed by atoms with van der Waals surface area (Å²) in [6, 6.07) is 5.82. The molecular weight excluding hydrogens is 283 g/mol. The first-order valence-corrected chi connectivity index (χ1v) is 6.40. The molecule has 1 unspecified atom stereocenters. The van der Waals surface area contributed by atoms with E-state index in [1.165, 1.54) is 12.1 Å². The molecule has 1 atom stereocenters. The van der Waals surface area contributed by atoms with Crippen molar-refractivity contribution in [2.24, 2.45) is 7.05 Å². The van der Waals surface area contributed by atoms with Gasteiger partial charge >= 0.3 is 6.36 Å². The molecule has 2 aromatic rings. The van der Waals surface area contributed by atoms with Gasteiger partial charge in [-0.15, -0.1) is 13.2 Å². The summed E-state index contributed by atoms with van der Waals surface area (Å²) in [5.74, 6) is 0.668. The van der Waals surface area contributed by atoms with E-state index in [1.807, 2.05) is 24.7 Å². The van der Waals surface area contributed by atoms with Crippen LogP contribution in [-0.4, -0.2) is 15.9 Å². The molecule has 2 rings (SSSR count). The van der Waals surface area contributed by atoms with Gasteiger partial charge in [0.15, 0.2) is 0 Å². The zero-order chi connectivity index (χ0) is 15.5. The summed E-state index contributed by atoms with van der Waals surface area (Å²) < 4.78 is 42.0. The molecule has 0 aliphatic heterocycles. The van der Waals surface area contributed by atoms with Crippen molar-refractivity contribution in [3.05, 3.63) is 48.0 Å². The molecule has 0 radical (unpaired) electrons. The molecule has 1 heterocycles. The monoisotopic (exact) mass is 299 g/mol. The molecule has 1 aromatic carbocycles. The minimum absolute atomic E-state index is 0.0124. The van der Waals surface area contributed by atoms with Gasteiger partial charge in [0.05, 0.1) is 6.54 Å². The third-order valence-electron chi connectivity index (χ3n) is 3.10. The van der Waals surface area contributed by atoms with Crippen LogP contribution in [-0.2, 0) is 13.6 Å². The number of alkyl halides is 3. The van der Waals surface area contributed by atoms with Crippen molar-refractivity contribution in [3.63, 3.8) is 0 Å². The summed E-state index contributed by atoms with van der Waals surface area (Å²) in [4.78, 5) is 4.19. The fourth-order valence-electron chi connectivity index (χ4n) is 1.89. The van der Waals surface area contributed by atoms with E-state index in [-0.39, 0.29) is 11.8 Å². The average Bonchev–Trinajstić information content (AvgIpc) is 2.80. The van der Waals surface area contributed by atoms with Gasteiger partial charge in [0.2, 0.25) is 0 Å². The van der Waals surface area contributed by atoms with Gasteiger partial charge in [-0.25, -0.2) is 4.98 Å². The molecule has 0 saturated carbocycles. The lowest BCUT2D eigenvalue weighted by molar-refractivity contribution is -0.274. The van der Waals surface area contributed by atoms with E-state index in [1.54, 1.807) is 18.3 Å². The van der Waals surface area contributed by atoms with E-state index in [0.29, 0.717) is 6.54 Å². The summed E-state index contributed by atoms with van der Waals surface area (Å²) in [5, 5.41) is 3.26. The smallest absolute Gasteiger partial charge is 0.406 e. The second-order valence-electron chi connectivity index (χ2n) is 4.67. The van der Waals surface area contributed by atoms with Crippen LogP contribution in [0.4, 0.5) is 13.2 Å². The Hall–Kier alpha value is -2.02. The fraction of sp³-hybridized carbons (Fsp3) is 0.357. The molecule has 0 aliphatic rings. The number of aromatic nitrogens is 2. The Morgan fingerprint density at radius 3 is 2.48 bits per heavy atom. The number of benzene rings is 1. The van der Waals surface area contributed by atoms with Gasteiger partial charge in [0, 0.05) is 25.5 Å². The predicted molar refractivity (Wildman–Crippen MR) is 71.6 cm³/mol. The van der Waals surface area contributed by atoms with Gasteiger partial charge < -0.3 is 14.6 Å². The van der Waals surface area contributed by atoms with Crippen molar-refractivity contribution >= 4 is 0 Å². The molecule has 0 fully saturated rings. The van der Waals surface area contributed by atoms with Crippen LogP contribution in [0.2, 0.25) is 0 Å². The fourth-order valence-corrected chi connectivity index (χ4v) is 1.89. The summed E-state index contributed by atoms with van der Waals surface area (Å²) in [6.07, 6.45) is -1.10. The van der Waals surface area contributed by atoms with Gasteiger partial charge in [0.25, 0.3) is 0 Å². The lowest BCUT2D eigenvalue weighted by Gasteiger charge is -2.15. The van der Waals surface area contributed by atoms with Crippen LogP contribution in [0.3, 0.4) is 0 Å². The van der Waals surface area contributed by atoms with E-state index >= 15 is 0 Å². The Balaban J connectivity index is 1.93. The highest BCUT2D eigenvalue weighted by Crippen LogP contribution is 2.24. The maximum absolute atomic E-state index is 12.1. The Labute approximate surface area is 120 Å². The molecular formula is C14H16F3N3O. The number of hydrogen-bond acceptors (Lipinski definition) is 3. The number of nitrogens with one attached hydrogen (secondary N) is 1. The molecule has 1 aromatic heterocycles. The molecule has 4 nitrogen and oxygen atoms in total. The van der Waals surface area contributed by atoms with Crippen LogP contribution in [0.25, 0.3) is 0 Å². The Morgan fingerprint density at radius 2 is 1.95 bits per heavy atom. The summed E-state index contributed by atoms with van der Waals surface area (Å²) >= 11 is 0. The third kappa shape index (κ3) is 4.49. The first-order valence-electron chi connectivity index (χ1n) is 6.40. The van der Waals surface area contributed by atoms with E-state index < -0.39 is 6.36 Å². The Morgan fingerprint density at radius 1 is 1.29 bits per heavy atom. The number of halogens is 3. The van der Waals surface area contributed by atoms with E-state index in [4.69, 9.17) is 0 Å². The standard InChI is InChI=1S/C14H16F3N3O/c1-10(19-9-13-18-7-8-20(13)2)11-3-5-12(6-4-11)21-14(15,16)17/h3-8,10,19H,9H2,1-2H3. The first-order chi connectivity index (χ1) is 9.85. The zero-order valence-electron chi connectivity index (χ0n) is 11.7. The summed E-state index contributed by atoms with van der Waals surface area (Å²) in [7, 11) is 1.90. The van der Waals surface area contributed by atoms with Crippen molar-refractivity contribution in [3.8, 4) is 5.75 Å². The molecule has 0 aliphatic carbocycles. The molecule has 114 valence electrons. The Kier molecular flexibility index (Phi) is 4.52. The number of nitrogens with zero attached hydrogens (tertiary/aromatic N) is 2. The molecule has 0 saturated heterocycles. The van der Waals surface area contributed by atoms with Gasteiger partial charge in [-0.3, -0.25) is 0 Å². The predicted octanol–water partition coefficient (Wildman–Crippen LogP) is 3.17. The number of ether oxygens (including phenoxy) is 1. The van der Waals surface area contributed by atoms with Gasteiger partial charge in [-0.05, 0) is 24.6 Å². The molecule has 7 heteroatoms. The van der Waals surface area contributed by atoms with Crippen LogP contribution in [0.15, 0.2) is 36.7 Å². The van der Waals surface area contributed by atoms with Crippen LogP contribution in [0.1, 0.15) is 24.4 Å². The van der Waals surface area contributed by atoms with Crippen LogP contribution in [0.5, 0.6) is 5.75 Å². The first kappa shape index (κ1) is 15.4. The van der Waals surface area contributed by atoms with E-state index in [2.05, 4.69) is 15.0 Å². The SMILES string of the molecule is CC(NCc1nccn1C)c1ccc(OC(F)(F)F)cc1. The van der Waals surface area contributed by atoms with E-state index in [0.717, 1.165) is 11.4 Å². The maximum Gasteiger partial charge on any atom is 0.573 e. The molecule has 0 bridgehead atoms. The van der Waals surface area contributed by atoms with Crippen molar-refractivity contribution in [2.75, 3.05) is 0 Å². The van der Waals surface area contributed by atoms with E-state index in [9.17, 15) is 13.2 Å². The number of imidazole rings is 1. The molecule has 1 N–H and O–H groups in total. The normalized spacial score (nSPS) is 13.2. The molecule has 21 heavy (non-hydrogen) atoms. The lowest BCUT2D eigenvalue weighted by Crippen LogP contribution is -2.20. The maximum atomic E-state index is 12.1. The van der Waals surface area contributed by atoms with Crippen LogP contribution < -0.4 is 10.1 Å². The van der Waals surface area contributed by atoms with Crippen molar-refractivity contribution in [2.45, 2.75) is 25.9 Å². The van der Waals surface area contributed by atoms with Gasteiger partial charge in [0.1, 0.15) is 11.6 Å². The van der Waals surface area contributed by atoms with Crippen molar-refractivity contribution in [1.82, 2.24) is 14.9 Å². The number of rotatable bonds is 5. The lowest BCUT2D eigenvalue weighted by atomic mass is 10.1. The Bertz CT molecular complexity index is 578. The van der Waals surface area contributed by atoms with Gasteiger partial charge in [-0.2, -0.15) is 0 Å². The second-order valence-corrected chi connectivity index (χ2v) is 4.67. The topological polar surface area (TPSA) is 39.1 Å². The van der Waals surface area contributed by atoms with Crippen molar-refractivity contribution < 1.29 is 17.9 Å². The summed E-state index contributed by atoms with van der Waals surface area (Å²) in [5.41, 5.74) is 0.874. The highest BCUT2D eigenvalue weighted by molar-refractivity contribution is 5.29. The number of aryl methyl sites for hydroxylation is 1. The average molecular weight is 299 g/mol. The highest BCUT2D eigenvalue weighted by atomic mass is 19.4. The molecule has 0 amide bonds. The molecule has 0 spiro atoms. The van der Waals surface area contributed by atoms with Crippen molar-refractivity contribution in [1.29, 1.82) is 0 Å². The van der Waals surface area contributed by atoms with Crippen LogP contribution >= 0.6 is 0 Å². The largest absolute Gasteiger partial charge is 0.573 e. The minimum atomic E-state index is -4.66. The number of hydrogen-bond donors (Lipinski definition) is 1. The highest BCUT2D eigenvalue weighted by Gasteiger charge is 2.30. The third-order valence-corrected chi connectivity index (χ3v) is 3.10. The quantitative estimate of drug-likeness (QED) is 0.921.